The van der Waals surface area contributed by atoms with E-state index in [2.05, 4.69) is 6.07 Å². The summed E-state index contributed by atoms with van der Waals surface area (Å²) in [5, 5.41) is 0. The lowest BCUT2D eigenvalue weighted by atomic mass is 10.2. The summed E-state index contributed by atoms with van der Waals surface area (Å²) in [4.78, 5) is 16.8. The fraction of sp³-hybridized carbons (Fsp3) is 0.643. The summed E-state index contributed by atoms with van der Waals surface area (Å²) >= 11 is 7.51. The Morgan fingerprint density at radius 2 is 2.42 bits per heavy atom. The summed E-state index contributed by atoms with van der Waals surface area (Å²) in [7, 11) is 0. The van der Waals surface area contributed by atoms with Crippen molar-refractivity contribution in [1.29, 1.82) is 0 Å². The highest BCUT2D eigenvalue weighted by Gasteiger charge is 2.31. The SMILES string of the molecule is CC1COC(CCl)CN1C(=O)c1cc2c(s1)CCC2. The lowest BCUT2D eigenvalue weighted by Gasteiger charge is -2.37. The third-order valence-electron chi connectivity index (χ3n) is 3.90. The number of amides is 1. The van der Waals surface area contributed by atoms with Gasteiger partial charge in [-0.25, -0.2) is 0 Å². The molecule has 5 heteroatoms. The molecule has 3 nitrogen and oxygen atoms in total. The van der Waals surface area contributed by atoms with Gasteiger partial charge in [0.05, 0.1) is 29.5 Å². The number of halogens is 1. The Morgan fingerprint density at radius 3 is 3.16 bits per heavy atom. The zero-order valence-corrected chi connectivity index (χ0v) is 12.6. The van der Waals surface area contributed by atoms with Crippen LogP contribution in [0.3, 0.4) is 0 Å². The van der Waals surface area contributed by atoms with Gasteiger partial charge in [0, 0.05) is 11.4 Å². The molecular weight excluding hydrogens is 282 g/mol. The van der Waals surface area contributed by atoms with Crippen molar-refractivity contribution in [2.45, 2.75) is 38.3 Å². The Kier molecular flexibility index (Phi) is 3.83. The highest BCUT2D eigenvalue weighted by molar-refractivity contribution is 7.14. The molecule has 0 N–H and O–H groups in total. The van der Waals surface area contributed by atoms with Gasteiger partial charge in [-0.2, -0.15) is 0 Å². The largest absolute Gasteiger partial charge is 0.373 e. The molecule has 104 valence electrons. The van der Waals surface area contributed by atoms with E-state index in [1.165, 1.54) is 16.9 Å². The molecule has 0 spiro atoms. The molecule has 19 heavy (non-hydrogen) atoms. The molecule has 1 saturated heterocycles. The number of carbonyl (C=O) groups is 1. The van der Waals surface area contributed by atoms with Gasteiger partial charge in [-0.1, -0.05) is 0 Å². The molecule has 1 aliphatic carbocycles. The first-order valence-corrected chi connectivity index (χ1v) is 8.14. The van der Waals surface area contributed by atoms with E-state index < -0.39 is 0 Å². The first-order valence-electron chi connectivity index (χ1n) is 6.79. The van der Waals surface area contributed by atoms with Crippen LogP contribution in [0.1, 0.15) is 33.5 Å². The van der Waals surface area contributed by atoms with E-state index in [1.54, 1.807) is 11.3 Å². The zero-order chi connectivity index (χ0) is 13.4. The molecule has 0 aromatic carbocycles. The van der Waals surface area contributed by atoms with Gasteiger partial charge in [0.1, 0.15) is 0 Å². The van der Waals surface area contributed by atoms with Crippen LogP contribution in [0.25, 0.3) is 0 Å². The highest BCUT2D eigenvalue weighted by Crippen LogP contribution is 2.32. The predicted octanol–water partition coefficient (Wildman–Crippen LogP) is 2.71. The Balaban J connectivity index is 1.77. The maximum atomic E-state index is 12.6. The number of alkyl halides is 1. The first-order chi connectivity index (χ1) is 9.19. The van der Waals surface area contributed by atoms with Crippen LogP contribution in [0, 0.1) is 0 Å². The van der Waals surface area contributed by atoms with Crippen LogP contribution in [0.2, 0.25) is 0 Å². The van der Waals surface area contributed by atoms with Gasteiger partial charge in [-0.05, 0) is 37.8 Å². The molecule has 0 saturated carbocycles. The molecule has 2 unspecified atom stereocenters. The molecule has 1 amide bonds. The molecule has 1 fully saturated rings. The summed E-state index contributed by atoms with van der Waals surface area (Å²) in [5.41, 5.74) is 1.38. The second-order valence-electron chi connectivity index (χ2n) is 5.33. The van der Waals surface area contributed by atoms with Crippen molar-refractivity contribution in [2.75, 3.05) is 19.0 Å². The van der Waals surface area contributed by atoms with Gasteiger partial charge in [0.25, 0.3) is 5.91 Å². The minimum Gasteiger partial charge on any atom is -0.373 e. The number of rotatable bonds is 2. The molecular formula is C14H18ClNO2S. The number of aryl methyl sites for hydroxylation is 2. The van der Waals surface area contributed by atoms with Crippen LogP contribution in [-0.4, -0.2) is 42.0 Å². The number of fused-ring (bicyclic) bond motifs is 1. The van der Waals surface area contributed by atoms with Gasteiger partial charge in [0.15, 0.2) is 0 Å². The third-order valence-corrected chi connectivity index (χ3v) is 5.47. The Morgan fingerprint density at radius 1 is 1.58 bits per heavy atom. The second-order valence-corrected chi connectivity index (χ2v) is 6.77. The summed E-state index contributed by atoms with van der Waals surface area (Å²) in [6, 6.07) is 2.22. The molecule has 1 aromatic heterocycles. The summed E-state index contributed by atoms with van der Waals surface area (Å²) in [6.07, 6.45) is 3.46. The van der Waals surface area contributed by atoms with Crippen LogP contribution in [0.5, 0.6) is 0 Å². The van der Waals surface area contributed by atoms with Gasteiger partial charge in [0.2, 0.25) is 0 Å². The summed E-state index contributed by atoms with van der Waals surface area (Å²) in [6.45, 7) is 3.21. The van der Waals surface area contributed by atoms with Crippen molar-refractivity contribution in [3.8, 4) is 0 Å². The monoisotopic (exact) mass is 299 g/mol. The lowest BCUT2D eigenvalue weighted by Crippen LogP contribution is -2.51. The van der Waals surface area contributed by atoms with Crippen molar-refractivity contribution >= 4 is 28.8 Å². The van der Waals surface area contributed by atoms with Crippen molar-refractivity contribution < 1.29 is 9.53 Å². The average Bonchev–Trinajstić information content (AvgIpc) is 2.99. The lowest BCUT2D eigenvalue weighted by molar-refractivity contribution is -0.0370. The highest BCUT2D eigenvalue weighted by atomic mass is 35.5. The molecule has 0 bridgehead atoms. The average molecular weight is 300 g/mol. The topological polar surface area (TPSA) is 29.5 Å². The van der Waals surface area contributed by atoms with E-state index in [0.717, 1.165) is 17.7 Å². The minimum atomic E-state index is -0.0337. The summed E-state index contributed by atoms with van der Waals surface area (Å²) in [5.74, 6) is 0.586. The van der Waals surface area contributed by atoms with E-state index in [-0.39, 0.29) is 18.1 Å². The predicted molar refractivity (Wildman–Crippen MR) is 77.3 cm³/mol. The molecule has 1 aromatic rings. The number of nitrogens with zero attached hydrogens (tertiary/aromatic N) is 1. The Hall–Kier alpha value is -0.580. The summed E-state index contributed by atoms with van der Waals surface area (Å²) < 4.78 is 5.59. The Labute approximate surface area is 122 Å². The Bertz CT molecular complexity index is 466. The molecule has 3 rings (SSSR count). The van der Waals surface area contributed by atoms with E-state index in [0.29, 0.717) is 19.0 Å². The molecule has 2 aliphatic rings. The van der Waals surface area contributed by atoms with E-state index in [1.807, 2.05) is 11.8 Å². The van der Waals surface area contributed by atoms with Crippen LogP contribution < -0.4 is 0 Å². The van der Waals surface area contributed by atoms with Crippen LogP contribution in [-0.2, 0) is 17.6 Å². The molecule has 1 aliphatic heterocycles. The van der Waals surface area contributed by atoms with Gasteiger partial charge < -0.3 is 9.64 Å². The smallest absolute Gasteiger partial charge is 0.264 e. The van der Waals surface area contributed by atoms with Crippen molar-refractivity contribution in [2.24, 2.45) is 0 Å². The third kappa shape index (κ3) is 2.54. The maximum Gasteiger partial charge on any atom is 0.264 e. The number of thiophene rings is 1. The van der Waals surface area contributed by atoms with E-state index >= 15 is 0 Å². The van der Waals surface area contributed by atoms with Crippen molar-refractivity contribution in [1.82, 2.24) is 4.90 Å². The number of morpholine rings is 1. The first kappa shape index (κ1) is 13.4. The zero-order valence-electron chi connectivity index (χ0n) is 11.0. The number of hydrogen-bond donors (Lipinski definition) is 0. The molecule has 0 radical (unpaired) electrons. The van der Waals surface area contributed by atoms with Crippen LogP contribution in [0.15, 0.2) is 6.07 Å². The maximum absolute atomic E-state index is 12.6. The van der Waals surface area contributed by atoms with E-state index in [9.17, 15) is 4.79 Å². The van der Waals surface area contributed by atoms with Gasteiger partial charge in [-0.3, -0.25) is 4.79 Å². The van der Waals surface area contributed by atoms with Gasteiger partial charge in [-0.15, -0.1) is 22.9 Å². The fourth-order valence-corrected chi connectivity index (χ4v) is 4.17. The number of carbonyl (C=O) groups excluding carboxylic acids is 1. The molecule has 2 atom stereocenters. The fourth-order valence-electron chi connectivity index (χ4n) is 2.77. The second kappa shape index (κ2) is 5.43. The standard InChI is InChI=1S/C14H18ClNO2S/c1-9-8-18-11(6-15)7-16(9)14(17)13-5-10-3-2-4-12(10)19-13/h5,9,11H,2-4,6-8H2,1H3. The quantitative estimate of drug-likeness (QED) is 0.786. The normalized spacial score (nSPS) is 26.5. The minimum absolute atomic E-state index is 0.0337. The van der Waals surface area contributed by atoms with Crippen molar-refractivity contribution in [3.63, 3.8) is 0 Å². The van der Waals surface area contributed by atoms with E-state index in [4.69, 9.17) is 16.3 Å². The van der Waals surface area contributed by atoms with Crippen LogP contribution >= 0.6 is 22.9 Å². The van der Waals surface area contributed by atoms with Crippen molar-refractivity contribution in [3.05, 3.63) is 21.4 Å². The van der Waals surface area contributed by atoms with Crippen LogP contribution in [0.4, 0.5) is 0 Å². The van der Waals surface area contributed by atoms with Gasteiger partial charge >= 0.3 is 0 Å². The molecule has 2 heterocycles. The number of hydrogen-bond acceptors (Lipinski definition) is 3. The number of ether oxygens (including phenoxy) is 1.